The lowest BCUT2D eigenvalue weighted by Gasteiger charge is -2.40. The Morgan fingerprint density at radius 3 is 2.50 bits per heavy atom. The molecule has 1 saturated carbocycles. The predicted octanol–water partition coefficient (Wildman–Crippen LogP) is 3.80. The third kappa shape index (κ3) is 6.73. The van der Waals surface area contributed by atoms with E-state index in [1.807, 2.05) is 25.7 Å². The second kappa shape index (κ2) is 9.93. The van der Waals surface area contributed by atoms with E-state index in [4.69, 9.17) is 4.74 Å². The Morgan fingerprint density at radius 1 is 1.23 bits per heavy atom. The predicted molar refractivity (Wildman–Crippen MR) is 105 cm³/mol. The van der Waals surface area contributed by atoms with Crippen molar-refractivity contribution in [2.75, 3.05) is 26.2 Å². The molecule has 1 aliphatic carbocycles. The number of hydrogen-bond acceptors (Lipinski definition) is 4. The summed E-state index contributed by atoms with van der Waals surface area (Å²) in [5, 5.41) is 13.6. The lowest BCUT2D eigenvalue weighted by atomic mass is 9.76. The molecule has 1 aliphatic heterocycles. The summed E-state index contributed by atoms with van der Waals surface area (Å²) < 4.78 is 5.51. The quantitative estimate of drug-likeness (QED) is 0.748. The van der Waals surface area contributed by atoms with Crippen molar-refractivity contribution in [2.45, 2.75) is 84.3 Å². The number of nitrogens with zero attached hydrogens (tertiary/aromatic N) is 1. The SMILES string of the molecule is CC1CN(C(=O)OC(C)(C)C)CCC1C(CO)CCNC1CCCCC1. The summed E-state index contributed by atoms with van der Waals surface area (Å²) in [6.07, 6.45) is 8.45. The standard InChI is InChI=1S/C21H40N2O3/c1-16-14-23(20(25)26-21(2,3)4)13-11-19(16)17(15-24)10-12-22-18-8-6-5-7-9-18/h16-19,22,24H,5-15H2,1-4H3. The fourth-order valence-electron chi connectivity index (χ4n) is 4.58. The van der Waals surface area contributed by atoms with Gasteiger partial charge >= 0.3 is 6.09 Å². The molecule has 0 aromatic heterocycles. The third-order valence-corrected chi connectivity index (χ3v) is 6.02. The number of aliphatic hydroxyl groups is 1. The number of hydrogen-bond donors (Lipinski definition) is 2. The van der Waals surface area contributed by atoms with Crippen molar-refractivity contribution in [2.24, 2.45) is 17.8 Å². The van der Waals surface area contributed by atoms with Crippen molar-refractivity contribution in [3.63, 3.8) is 0 Å². The summed E-state index contributed by atoms with van der Waals surface area (Å²) in [7, 11) is 0. The molecule has 5 heteroatoms. The highest BCUT2D eigenvalue weighted by Crippen LogP contribution is 2.32. The summed E-state index contributed by atoms with van der Waals surface area (Å²) in [4.78, 5) is 14.1. The fourth-order valence-corrected chi connectivity index (χ4v) is 4.58. The van der Waals surface area contributed by atoms with Gasteiger partial charge in [-0.2, -0.15) is 0 Å². The van der Waals surface area contributed by atoms with Gasteiger partial charge in [0.05, 0.1) is 0 Å². The van der Waals surface area contributed by atoms with Crippen molar-refractivity contribution < 1.29 is 14.6 Å². The molecule has 0 spiro atoms. The van der Waals surface area contributed by atoms with Gasteiger partial charge in [0, 0.05) is 25.7 Å². The van der Waals surface area contributed by atoms with E-state index in [1.165, 1.54) is 32.1 Å². The smallest absolute Gasteiger partial charge is 0.410 e. The van der Waals surface area contributed by atoms with Gasteiger partial charge in [-0.25, -0.2) is 4.79 Å². The topological polar surface area (TPSA) is 61.8 Å². The Bertz CT molecular complexity index is 429. The largest absolute Gasteiger partial charge is 0.444 e. The molecule has 1 saturated heterocycles. The van der Waals surface area contributed by atoms with Crippen molar-refractivity contribution in [3.05, 3.63) is 0 Å². The highest BCUT2D eigenvalue weighted by molar-refractivity contribution is 5.68. The van der Waals surface area contributed by atoms with Crippen LogP contribution >= 0.6 is 0 Å². The molecule has 2 fully saturated rings. The number of likely N-dealkylation sites (tertiary alicyclic amines) is 1. The van der Waals surface area contributed by atoms with Crippen LogP contribution in [0.15, 0.2) is 0 Å². The molecule has 2 aliphatic rings. The van der Waals surface area contributed by atoms with Crippen LogP contribution in [0.2, 0.25) is 0 Å². The van der Waals surface area contributed by atoms with Crippen LogP contribution in [0, 0.1) is 17.8 Å². The zero-order valence-corrected chi connectivity index (χ0v) is 17.3. The number of nitrogens with one attached hydrogen (secondary N) is 1. The first-order valence-electron chi connectivity index (χ1n) is 10.6. The first kappa shape index (κ1) is 21.5. The Hall–Kier alpha value is -0.810. The Kier molecular flexibility index (Phi) is 8.21. The van der Waals surface area contributed by atoms with E-state index in [1.54, 1.807) is 0 Å². The van der Waals surface area contributed by atoms with Crippen LogP contribution in [0.1, 0.15) is 72.6 Å². The Morgan fingerprint density at radius 2 is 1.92 bits per heavy atom. The molecule has 1 heterocycles. The van der Waals surface area contributed by atoms with Gasteiger partial charge in [0.25, 0.3) is 0 Å². The third-order valence-electron chi connectivity index (χ3n) is 6.02. The molecule has 2 rings (SSSR count). The minimum Gasteiger partial charge on any atom is -0.444 e. The van der Waals surface area contributed by atoms with E-state index >= 15 is 0 Å². The molecule has 0 aromatic carbocycles. The normalized spacial score (nSPS) is 26.6. The summed E-state index contributed by atoms with van der Waals surface area (Å²) in [5.74, 6) is 1.19. The van der Waals surface area contributed by atoms with E-state index in [0.717, 1.165) is 32.5 Å². The maximum absolute atomic E-state index is 12.3. The highest BCUT2D eigenvalue weighted by atomic mass is 16.6. The second-order valence-corrected chi connectivity index (χ2v) is 9.38. The van der Waals surface area contributed by atoms with Crippen molar-refractivity contribution in [3.8, 4) is 0 Å². The summed E-state index contributed by atoms with van der Waals surface area (Å²) in [6.45, 7) is 10.6. The van der Waals surface area contributed by atoms with Gasteiger partial charge in [0.1, 0.15) is 5.60 Å². The minimum absolute atomic E-state index is 0.206. The number of carbonyl (C=O) groups is 1. The Labute approximate surface area is 159 Å². The van der Waals surface area contributed by atoms with Gasteiger partial charge in [0.2, 0.25) is 0 Å². The fraction of sp³-hybridized carbons (Fsp3) is 0.952. The van der Waals surface area contributed by atoms with Gasteiger partial charge < -0.3 is 20.1 Å². The van der Waals surface area contributed by atoms with E-state index < -0.39 is 5.60 Å². The number of amides is 1. The van der Waals surface area contributed by atoms with Crippen LogP contribution in [0.25, 0.3) is 0 Å². The summed E-state index contributed by atoms with van der Waals surface area (Å²) >= 11 is 0. The number of carbonyl (C=O) groups excluding carboxylic acids is 1. The molecule has 3 atom stereocenters. The van der Waals surface area contributed by atoms with Gasteiger partial charge in [-0.05, 0) is 70.8 Å². The van der Waals surface area contributed by atoms with Crippen molar-refractivity contribution >= 4 is 6.09 Å². The first-order chi connectivity index (χ1) is 12.3. The van der Waals surface area contributed by atoms with Crippen LogP contribution < -0.4 is 5.32 Å². The maximum atomic E-state index is 12.3. The molecule has 0 aromatic rings. The van der Waals surface area contributed by atoms with E-state index in [0.29, 0.717) is 23.8 Å². The van der Waals surface area contributed by atoms with Crippen LogP contribution in [0.4, 0.5) is 4.79 Å². The molecule has 3 unspecified atom stereocenters. The molecule has 2 N–H and O–H groups in total. The molecule has 0 bridgehead atoms. The molecule has 0 radical (unpaired) electrons. The monoisotopic (exact) mass is 368 g/mol. The molecule has 1 amide bonds. The zero-order chi connectivity index (χ0) is 19.2. The van der Waals surface area contributed by atoms with Gasteiger partial charge in [0.15, 0.2) is 0 Å². The van der Waals surface area contributed by atoms with E-state index in [-0.39, 0.29) is 12.7 Å². The van der Waals surface area contributed by atoms with Gasteiger partial charge in [-0.1, -0.05) is 26.2 Å². The number of rotatable bonds is 6. The molecule has 26 heavy (non-hydrogen) atoms. The molecule has 5 nitrogen and oxygen atoms in total. The van der Waals surface area contributed by atoms with E-state index in [9.17, 15) is 9.90 Å². The zero-order valence-electron chi connectivity index (χ0n) is 17.3. The maximum Gasteiger partial charge on any atom is 0.410 e. The Balaban J connectivity index is 1.77. The van der Waals surface area contributed by atoms with Gasteiger partial charge in [-0.15, -0.1) is 0 Å². The second-order valence-electron chi connectivity index (χ2n) is 9.38. The van der Waals surface area contributed by atoms with Crippen LogP contribution in [-0.4, -0.2) is 54.0 Å². The van der Waals surface area contributed by atoms with Crippen LogP contribution in [0.3, 0.4) is 0 Å². The number of ether oxygens (including phenoxy) is 1. The lowest BCUT2D eigenvalue weighted by Crippen LogP contribution is -2.47. The first-order valence-corrected chi connectivity index (χ1v) is 10.6. The average Bonchev–Trinajstić information content (AvgIpc) is 2.58. The van der Waals surface area contributed by atoms with Crippen LogP contribution in [0.5, 0.6) is 0 Å². The molecular weight excluding hydrogens is 328 g/mol. The minimum atomic E-state index is -0.449. The molecule has 152 valence electrons. The summed E-state index contributed by atoms with van der Waals surface area (Å²) in [6, 6.07) is 0.675. The van der Waals surface area contributed by atoms with Crippen molar-refractivity contribution in [1.29, 1.82) is 0 Å². The van der Waals surface area contributed by atoms with Crippen molar-refractivity contribution in [1.82, 2.24) is 10.2 Å². The average molecular weight is 369 g/mol. The number of aliphatic hydroxyl groups excluding tert-OH is 1. The van der Waals surface area contributed by atoms with E-state index in [2.05, 4.69) is 12.2 Å². The van der Waals surface area contributed by atoms with Gasteiger partial charge in [-0.3, -0.25) is 0 Å². The molecular formula is C21H40N2O3. The summed E-state index contributed by atoms with van der Waals surface area (Å²) in [5.41, 5.74) is -0.449. The van der Waals surface area contributed by atoms with Crippen LogP contribution in [-0.2, 0) is 4.74 Å². The number of piperidine rings is 1. The highest BCUT2D eigenvalue weighted by Gasteiger charge is 2.34. The lowest BCUT2D eigenvalue weighted by molar-refractivity contribution is 0.00264.